The van der Waals surface area contributed by atoms with Crippen LogP contribution in [0, 0.1) is 24.5 Å². The summed E-state index contributed by atoms with van der Waals surface area (Å²) in [6.07, 6.45) is 4.71. The molecular weight excluding hydrogens is 719 g/mol. The van der Waals surface area contributed by atoms with E-state index in [0.717, 1.165) is 56.7 Å². The first-order valence-electron chi connectivity index (χ1n) is 14.5. The van der Waals surface area contributed by atoms with Crippen LogP contribution in [0.3, 0.4) is 0 Å². The van der Waals surface area contributed by atoms with Gasteiger partial charge in [-0.25, -0.2) is 0 Å². The van der Waals surface area contributed by atoms with Gasteiger partial charge in [0.25, 0.3) is 0 Å². The van der Waals surface area contributed by atoms with Crippen molar-refractivity contribution < 1.29 is 24.5 Å². The molecule has 0 fully saturated rings. The predicted molar refractivity (Wildman–Crippen MR) is 175 cm³/mol. The molecule has 0 N–H and O–H groups in total. The molecule has 0 unspecified atom stereocenters. The zero-order valence-electron chi connectivity index (χ0n) is 25.3. The zero-order valence-corrected chi connectivity index (χ0v) is 27.7. The maximum absolute atomic E-state index is 5.77. The smallest absolute Gasteiger partial charge is 0.151 e. The molecule has 0 amide bonds. The monoisotopic (exact) mass is 752 g/mol. The minimum atomic E-state index is 0. The Morgan fingerprint density at radius 2 is 1.50 bits per heavy atom. The third-order valence-electron chi connectivity index (χ3n) is 7.11. The molecule has 0 spiro atoms. The van der Waals surface area contributed by atoms with Gasteiger partial charge >= 0.3 is 0 Å². The molecule has 44 heavy (non-hydrogen) atoms. The number of furan rings is 1. The fraction of sp³-hybridized carbons (Fsp3) is 0.154. The summed E-state index contributed by atoms with van der Waals surface area (Å²) in [6, 6.07) is 41.2. The van der Waals surface area contributed by atoms with E-state index in [1.807, 2.05) is 73.8 Å². The molecule has 5 heteroatoms. The van der Waals surface area contributed by atoms with E-state index in [9.17, 15) is 0 Å². The topological polar surface area (TPSA) is 51.8 Å². The van der Waals surface area contributed by atoms with E-state index < -0.39 is 0 Å². The first-order chi connectivity index (χ1) is 20.8. The molecule has 7 rings (SSSR count). The Morgan fingerprint density at radius 3 is 2.25 bits per heavy atom. The number of hydrogen-bond donors (Lipinski definition) is 0. The Kier molecular flexibility index (Phi) is 9.49. The van der Waals surface area contributed by atoms with E-state index >= 15 is 0 Å². The van der Waals surface area contributed by atoms with Crippen LogP contribution in [-0.4, -0.2) is 15.0 Å². The van der Waals surface area contributed by atoms with Crippen molar-refractivity contribution in [2.24, 2.45) is 5.41 Å². The van der Waals surface area contributed by atoms with Crippen molar-refractivity contribution in [3.8, 4) is 33.8 Å². The van der Waals surface area contributed by atoms with E-state index in [1.54, 1.807) is 6.20 Å². The molecule has 4 heterocycles. The second-order valence-electron chi connectivity index (χ2n) is 11.9. The molecule has 0 aliphatic heterocycles. The van der Waals surface area contributed by atoms with Gasteiger partial charge in [-0.3, -0.25) is 4.98 Å². The molecule has 0 atom stereocenters. The van der Waals surface area contributed by atoms with E-state index in [-0.39, 0.29) is 20.1 Å². The molecule has 0 aliphatic carbocycles. The summed E-state index contributed by atoms with van der Waals surface area (Å²) in [5.41, 5.74) is 10.3. The summed E-state index contributed by atoms with van der Waals surface area (Å²) in [6.45, 7) is 8.77. The maximum atomic E-state index is 5.77. The number of benzene rings is 3. The number of aromatic nitrogens is 3. The Labute approximate surface area is 272 Å². The van der Waals surface area contributed by atoms with Crippen molar-refractivity contribution in [3.63, 3.8) is 0 Å². The van der Waals surface area contributed by atoms with Crippen LogP contribution < -0.4 is 0 Å². The molecule has 7 aromatic rings. The van der Waals surface area contributed by atoms with E-state index in [1.165, 1.54) is 16.7 Å². The second-order valence-corrected chi connectivity index (χ2v) is 11.9. The zero-order chi connectivity index (χ0) is 29.8. The number of aryl methyl sites for hydroxylation is 1. The Balaban J connectivity index is 0.000000172. The average Bonchev–Trinajstić information content (AvgIpc) is 3.40. The molecule has 4 nitrogen and oxygen atoms in total. The van der Waals surface area contributed by atoms with Crippen LogP contribution in [0.25, 0.3) is 55.7 Å². The fourth-order valence-electron chi connectivity index (χ4n) is 5.12. The molecule has 4 aromatic heterocycles. The van der Waals surface area contributed by atoms with Crippen LogP contribution in [0.4, 0.5) is 0 Å². The number of para-hydroxylation sites is 1. The number of fused-ring (bicyclic) bond motifs is 3. The van der Waals surface area contributed by atoms with Gasteiger partial charge in [0.15, 0.2) is 5.58 Å². The molecule has 3 aromatic carbocycles. The summed E-state index contributed by atoms with van der Waals surface area (Å²) >= 11 is 0. The summed E-state index contributed by atoms with van der Waals surface area (Å²) < 4.78 is 5.77. The van der Waals surface area contributed by atoms with Gasteiger partial charge in [-0.15, -0.1) is 42.0 Å². The van der Waals surface area contributed by atoms with Crippen molar-refractivity contribution in [3.05, 3.63) is 139 Å². The number of nitrogens with zero attached hydrogens (tertiary/aromatic N) is 3. The summed E-state index contributed by atoms with van der Waals surface area (Å²) in [5, 5.41) is 2.15. The quantitative estimate of drug-likeness (QED) is 0.168. The molecule has 0 saturated heterocycles. The van der Waals surface area contributed by atoms with Crippen molar-refractivity contribution in [2.75, 3.05) is 0 Å². The average molecular weight is 752 g/mol. The van der Waals surface area contributed by atoms with Gasteiger partial charge in [-0.1, -0.05) is 75.4 Å². The van der Waals surface area contributed by atoms with Gasteiger partial charge < -0.3 is 14.4 Å². The van der Waals surface area contributed by atoms with Gasteiger partial charge in [0.2, 0.25) is 0 Å². The normalized spacial score (nSPS) is 11.1. The van der Waals surface area contributed by atoms with Crippen molar-refractivity contribution in [1.29, 1.82) is 0 Å². The molecule has 221 valence electrons. The summed E-state index contributed by atoms with van der Waals surface area (Å²) in [5.74, 6) is 0. The van der Waals surface area contributed by atoms with Crippen LogP contribution in [0.15, 0.2) is 120 Å². The van der Waals surface area contributed by atoms with E-state index in [2.05, 4.69) is 90.3 Å². The largest absolute Gasteiger partial charge is 0.455 e. The van der Waals surface area contributed by atoms with Gasteiger partial charge in [-0.05, 0) is 70.4 Å². The molecule has 1 radical (unpaired) electrons. The number of pyridine rings is 3. The van der Waals surface area contributed by atoms with Gasteiger partial charge in [0.05, 0.1) is 6.20 Å². The first-order valence-corrected chi connectivity index (χ1v) is 14.5. The van der Waals surface area contributed by atoms with Crippen LogP contribution >= 0.6 is 0 Å². The van der Waals surface area contributed by atoms with Crippen LogP contribution in [0.2, 0.25) is 0 Å². The van der Waals surface area contributed by atoms with Crippen LogP contribution in [0.5, 0.6) is 0 Å². The maximum Gasteiger partial charge on any atom is 0.151 e. The molecule has 0 aliphatic rings. The van der Waals surface area contributed by atoms with Crippen LogP contribution in [-0.2, 0) is 26.5 Å². The predicted octanol–water partition coefficient (Wildman–Crippen LogP) is 9.95. The van der Waals surface area contributed by atoms with Crippen LogP contribution in [0.1, 0.15) is 32.0 Å². The van der Waals surface area contributed by atoms with Crippen molar-refractivity contribution in [1.82, 2.24) is 15.0 Å². The van der Waals surface area contributed by atoms with Gasteiger partial charge in [0.1, 0.15) is 5.58 Å². The summed E-state index contributed by atoms with van der Waals surface area (Å²) in [7, 11) is 0. The fourth-order valence-corrected chi connectivity index (χ4v) is 5.12. The minimum Gasteiger partial charge on any atom is -0.455 e. The molecular formula is C39H33IrN3O-2. The SMILES string of the molecule is CC(C)(C)Cc1ccc(-c2ccnc(-c3[c-]cccc3)c2)cc1.Cc1cc[c-]c(-c2cc3c(cn2)oc2ccccc23)n1.[Ir]. The van der Waals surface area contributed by atoms with E-state index in [0.29, 0.717) is 5.41 Å². The molecule has 0 saturated carbocycles. The van der Waals surface area contributed by atoms with Gasteiger partial charge in [-0.2, -0.15) is 12.1 Å². The summed E-state index contributed by atoms with van der Waals surface area (Å²) in [4.78, 5) is 13.4. The third-order valence-corrected chi connectivity index (χ3v) is 7.11. The Morgan fingerprint density at radius 1 is 0.705 bits per heavy atom. The standard InChI is InChI=1S/C22H22N.C17H11N2O.Ir/c1-22(2,3)16-17-9-11-18(12-10-17)20-13-14-23-21(15-20)19-7-5-4-6-8-19;1-11-5-4-7-14(19-11)15-9-13-12-6-2-3-8-16(12)20-17(13)10-18-15;/h4-7,9-15H,16H2,1-3H3;2-6,8-10H,1H3;/q2*-1;. The third kappa shape index (κ3) is 7.37. The van der Waals surface area contributed by atoms with Crippen molar-refractivity contribution >= 4 is 21.9 Å². The minimum absolute atomic E-state index is 0. The Bertz CT molecular complexity index is 1990. The van der Waals surface area contributed by atoms with E-state index in [4.69, 9.17) is 4.42 Å². The first kappa shape index (κ1) is 31.0. The van der Waals surface area contributed by atoms with Gasteiger partial charge in [0, 0.05) is 37.1 Å². The number of hydrogen-bond acceptors (Lipinski definition) is 4. The number of rotatable bonds is 4. The Hall–Kier alpha value is -4.44. The second kappa shape index (κ2) is 13.5. The van der Waals surface area contributed by atoms with Crippen molar-refractivity contribution in [2.45, 2.75) is 34.1 Å². The molecule has 0 bridgehead atoms.